The van der Waals surface area contributed by atoms with Crippen LogP contribution >= 0.6 is 11.3 Å². The summed E-state index contributed by atoms with van der Waals surface area (Å²) in [7, 11) is 0. The van der Waals surface area contributed by atoms with E-state index in [2.05, 4.69) is 18.8 Å². The molecule has 0 fully saturated rings. The van der Waals surface area contributed by atoms with E-state index < -0.39 is 0 Å². The van der Waals surface area contributed by atoms with Crippen molar-refractivity contribution in [2.45, 2.75) is 33.6 Å². The minimum atomic E-state index is 0.0323. The topological polar surface area (TPSA) is 59.2 Å². The van der Waals surface area contributed by atoms with Crippen LogP contribution in [0, 0.1) is 5.92 Å². The molecular formula is C16H23N3OS. The number of anilines is 1. The molecule has 0 aliphatic carbocycles. The Balaban J connectivity index is 2.29. The summed E-state index contributed by atoms with van der Waals surface area (Å²) in [5, 5.41) is 0.879. The molecule has 2 heterocycles. The molecular weight excluding hydrogens is 282 g/mol. The van der Waals surface area contributed by atoms with Gasteiger partial charge in [0.05, 0.1) is 5.69 Å². The van der Waals surface area contributed by atoms with Crippen molar-refractivity contribution >= 4 is 33.1 Å². The van der Waals surface area contributed by atoms with Crippen LogP contribution in [0.4, 0.5) is 5.69 Å². The minimum absolute atomic E-state index is 0.0323. The number of aromatic nitrogens is 1. The first-order chi connectivity index (χ1) is 10.1. The van der Waals surface area contributed by atoms with Crippen molar-refractivity contribution in [3.05, 3.63) is 23.2 Å². The number of hydrogen-bond acceptors (Lipinski definition) is 4. The van der Waals surface area contributed by atoms with Crippen LogP contribution in [0.5, 0.6) is 0 Å². The third-order valence-electron chi connectivity index (χ3n) is 4.00. The number of thiophene rings is 1. The molecule has 2 N–H and O–H groups in total. The van der Waals surface area contributed by atoms with Crippen LogP contribution < -0.4 is 5.73 Å². The van der Waals surface area contributed by atoms with Gasteiger partial charge >= 0.3 is 0 Å². The molecule has 0 saturated carbocycles. The molecule has 0 bridgehead atoms. The molecule has 0 radical (unpaired) electrons. The summed E-state index contributed by atoms with van der Waals surface area (Å²) in [5.41, 5.74) is 6.72. The van der Waals surface area contributed by atoms with Gasteiger partial charge in [-0.2, -0.15) is 0 Å². The zero-order valence-corrected chi connectivity index (χ0v) is 13.7. The van der Waals surface area contributed by atoms with Crippen LogP contribution in [0.15, 0.2) is 18.3 Å². The maximum absolute atomic E-state index is 12.8. The first-order valence-electron chi connectivity index (χ1n) is 7.54. The van der Waals surface area contributed by atoms with Crippen molar-refractivity contribution in [2.24, 2.45) is 5.92 Å². The Hall–Kier alpha value is -1.62. The summed E-state index contributed by atoms with van der Waals surface area (Å²) in [5.74, 6) is 0.576. The number of nitrogens with zero attached hydrogens (tertiary/aromatic N) is 2. The molecule has 0 aliphatic rings. The molecule has 0 aromatic carbocycles. The Kier molecular flexibility index (Phi) is 5.17. The molecule has 2 aromatic rings. The highest BCUT2D eigenvalue weighted by molar-refractivity contribution is 7.21. The van der Waals surface area contributed by atoms with Gasteiger partial charge < -0.3 is 10.6 Å². The van der Waals surface area contributed by atoms with Crippen molar-refractivity contribution in [1.82, 2.24) is 9.88 Å². The Morgan fingerprint density at radius 3 is 2.67 bits per heavy atom. The largest absolute Gasteiger partial charge is 0.397 e. The minimum Gasteiger partial charge on any atom is -0.397 e. The number of nitrogens with two attached hydrogens (primary N) is 1. The van der Waals surface area contributed by atoms with E-state index in [9.17, 15) is 4.79 Å². The quantitative estimate of drug-likeness (QED) is 0.883. The monoisotopic (exact) mass is 305 g/mol. The highest BCUT2D eigenvalue weighted by atomic mass is 32.1. The summed E-state index contributed by atoms with van der Waals surface area (Å²) in [6, 6.07) is 3.77. The van der Waals surface area contributed by atoms with Crippen LogP contribution in [0.1, 0.15) is 43.3 Å². The van der Waals surface area contributed by atoms with E-state index in [-0.39, 0.29) is 5.91 Å². The fourth-order valence-electron chi connectivity index (χ4n) is 2.47. The molecule has 21 heavy (non-hydrogen) atoms. The Labute approximate surface area is 130 Å². The van der Waals surface area contributed by atoms with E-state index in [1.54, 1.807) is 6.20 Å². The lowest BCUT2D eigenvalue weighted by molar-refractivity contribution is 0.0741. The molecule has 114 valence electrons. The molecule has 0 saturated heterocycles. The standard InChI is InChI=1S/C16H23N3OS/c1-4-11(5-2)10-19(6-3)16(20)14-13(17)12-8-7-9-18-15(12)21-14/h7-9,11H,4-6,10,17H2,1-3H3. The second-order valence-electron chi connectivity index (χ2n) is 5.23. The molecule has 0 atom stereocenters. The van der Waals surface area contributed by atoms with Crippen molar-refractivity contribution in [3.8, 4) is 0 Å². The second-order valence-corrected chi connectivity index (χ2v) is 6.23. The second kappa shape index (κ2) is 6.89. The average Bonchev–Trinajstić information content (AvgIpc) is 2.86. The fourth-order valence-corrected chi connectivity index (χ4v) is 3.50. The van der Waals surface area contributed by atoms with Gasteiger partial charge in [0, 0.05) is 24.7 Å². The number of carbonyl (C=O) groups is 1. The molecule has 0 unspecified atom stereocenters. The smallest absolute Gasteiger partial charge is 0.266 e. The molecule has 0 spiro atoms. The number of carbonyl (C=O) groups excluding carboxylic acids is 1. The van der Waals surface area contributed by atoms with Gasteiger partial charge in [0.25, 0.3) is 5.91 Å². The molecule has 4 nitrogen and oxygen atoms in total. The predicted molar refractivity (Wildman–Crippen MR) is 89.7 cm³/mol. The maximum atomic E-state index is 12.8. The van der Waals surface area contributed by atoms with Crippen LogP contribution in [0.25, 0.3) is 10.2 Å². The van der Waals surface area contributed by atoms with Crippen LogP contribution in [0.2, 0.25) is 0 Å². The highest BCUT2D eigenvalue weighted by Crippen LogP contribution is 2.33. The van der Waals surface area contributed by atoms with Crippen LogP contribution in [-0.4, -0.2) is 28.9 Å². The maximum Gasteiger partial charge on any atom is 0.266 e. The van der Waals surface area contributed by atoms with Crippen molar-refractivity contribution in [2.75, 3.05) is 18.8 Å². The van der Waals surface area contributed by atoms with Gasteiger partial charge in [0.15, 0.2) is 0 Å². The summed E-state index contributed by atoms with van der Waals surface area (Å²) < 4.78 is 0. The van der Waals surface area contributed by atoms with E-state index in [1.807, 2.05) is 24.0 Å². The number of rotatable bonds is 6. The molecule has 5 heteroatoms. The number of fused-ring (bicyclic) bond motifs is 1. The first-order valence-corrected chi connectivity index (χ1v) is 8.36. The third kappa shape index (κ3) is 3.18. The van der Waals surface area contributed by atoms with Crippen molar-refractivity contribution in [3.63, 3.8) is 0 Å². The molecule has 1 amide bonds. The van der Waals surface area contributed by atoms with E-state index in [4.69, 9.17) is 5.73 Å². The summed E-state index contributed by atoms with van der Waals surface area (Å²) in [6.45, 7) is 7.86. The van der Waals surface area contributed by atoms with Crippen molar-refractivity contribution in [1.29, 1.82) is 0 Å². The van der Waals surface area contributed by atoms with Gasteiger partial charge in [0.2, 0.25) is 0 Å². The third-order valence-corrected chi connectivity index (χ3v) is 5.12. The summed E-state index contributed by atoms with van der Waals surface area (Å²) in [4.78, 5) is 20.4. The SMILES string of the molecule is CCC(CC)CN(CC)C(=O)c1sc2ncccc2c1N. The lowest BCUT2D eigenvalue weighted by Crippen LogP contribution is -2.35. The first kappa shape index (κ1) is 15.8. The number of nitrogen functional groups attached to an aromatic ring is 1. The number of hydrogen-bond donors (Lipinski definition) is 1. The van der Waals surface area contributed by atoms with E-state index >= 15 is 0 Å². The van der Waals surface area contributed by atoms with Gasteiger partial charge in [-0.15, -0.1) is 11.3 Å². The van der Waals surface area contributed by atoms with Gasteiger partial charge in [0.1, 0.15) is 9.71 Å². The van der Waals surface area contributed by atoms with Gasteiger partial charge in [-0.05, 0) is 25.0 Å². The summed E-state index contributed by atoms with van der Waals surface area (Å²) in [6.07, 6.45) is 3.90. The van der Waals surface area contributed by atoms with Crippen LogP contribution in [0.3, 0.4) is 0 Å². The lowest BCUT2D eigenvalue weighted by Gasteiger charge is -2.25. The Morgan fingerprint density at radius 2 is 2.10 bits per heavy atom. The van der Waals surface area contributed by atoms with Gasteiger partial charge in [-0.25, -0.2) is 4.98 Å². The van der Waals surface area contributed by atoms with Gasteiger partial charge in [-0.3, -0.25) is 4.79 Å². The normalized spacial score (nSPS) is 11.2. The molecule has 2 rings (SSSR count). The Morgan fingerprint density at radius 1 is 1.38 bits per heavy atom. The van der Waals surface area contributed by atoms with Gasteiger partial charge in [-0.1, -0.05) is 26.7 Å². The lowest BCUT2D eigenvalue weighted by atomic mass is 10.0. The average molecular weight is 305 g/mol. The van der Waals surface area contributed by atoms with E-state index in [0.29, 0.717) is 23.0 Å². The van der Waals surface area contributed by atoms with E-state index in [1.165, 1.54) is 11.3 Å². The highest BCUT2D eigenvalue weighted by Gasteiger charge is 2.23. The Bertz CT molecular complexity index is 619. The number of pyridine rings is 1. The van der Waals surface area contributed by atoms with Crippen molar-refractivity contribution < 1.29 is 4.79 Å². The zero-order valence-electron chi connectivity index (χ0n) is 12.9. The molecule has 0 aliphatic heterocycles. The predicted octanol–water partition coefficient (Wildman–Crippen LogP) is 3.78. The fraction of sp³-hybridized carbons (Fsp3) is 0.500. The van der Waals surface area contributed by atoms with Crippen LogP contribution in [-0.2, 0) is 0 Å². The molecule has 2 aromatic heterocycles. The van der Waals surface area contributed by atoms with E-state index in [0.717, 1.165) is 29.6 Å². The number of amides is 1. The zero-order chi connectivity index (χ0) is 15.4. The summed E-state index contributed by atoms with van der Waals surface area (Å²) >= 11 is 1.39.